The van der Waals surface area contributed by atoms with E-state index in [1.54, 1.807) is 30.3 Å². The second kappa shape index (κ2) is 7.38. The quantitative estimate of drug-likeness (QED) is 0.856. The van der Waals surface area contributed by atoms with E-state index in [-0.39, 0.29) is 23.9 Å². The number of carbonyl (C=O) groups excluding carboxylic acids is 1. The van der Waals surface area contributed by atoms with Crippen LogP contribution >= 0.6 is 11.8 Å². The molecular formula is C17H19N3O4S. The van der Waals surface area contributed by atoms with Gasteiger partial charge in [-0.2, -0.15) is 4.98 Å². The number of nitrogens with zero attached hydrogens (tertiary/aromatic N) is 2. The standard InChI is InChI=1S/C17H19N3O4S/c1-10-13(21)14(24-2)16(25-10)20-9-8-12(19-17(20)23)18-15(22)11-6-4-3-5-7-11/h3-10,13-14,16,21H,1-2H3,(H,18,19,22,23)/t10-,13-,14-,16-/m1/s1/i1D. The number of hydrogen-bond acceptors (Lipinski definition) is 6. The van der Waals surface area contributed by atoms with Gasteiger partial charge in [-0.05, 0) is 18.2 Å². The van der Waals surface area contributed by atoms with Crippen LogP contribution in [0.15, 0.2) is 47.4 Å². The molecule has 2 heterocycles. The summed E-state index contributed by atoms with van der Waals surface area (Å²) in [7, 11) is 1.46. The van der Waals surface area contributed by atoms with Gasteiger partial charge in [-0.25, -0.2) is 4.79 Å². The van der Waals surface area contributed by atoms with E-state index in [1.807, 2.05) is 0 Å². The molecule has 1 fully saturated rings. The summed E-state index contributed by atoms with van der Waals surface area (Å²) >= 11 is 1.31. The highest BCUT2D eigenvalue weighted by Crippen LogP contribution is 2.42. The van der Waals surface area contributed by atoms with Gasteiger partial charge >= 0.3 is 5.69 Å². The lowest BCUT2D eigenvalue weighted by Gasteiger charge is -2.21. The molecule has 0 radical (unpaired) electrons. The van der Waals surface area contributed by atoms with Crippen LogP contribution in [0.4, 0.5) is 5.82 Å². The number of methoxy groups -OCH3 is 1. The SMILES string of the molecule is [2H]C[C@H]1S[C@@H](n2ccc(NC(=O)c3ccccc3)nc2=O)[C@H](OC)[C@@H]1O. The second-order valence-corrected chi connectivity index (χ2v) is 6.94. The van der Waals surface area contributed by atoms with E-state index < -0.39 is 23.3 Å². The molecule has 132 valence electrons. The van der Waals surface area contributed by atoms with Gasteiger partial charge < -0.3 is 15.2 Å². The molecule has 1 saturated heterocycles. The molecule has 0 saturated carbocycles. The molecule has 8 heteroatoms. The fraction of sp³-hybridized carbons (Fsp3) is 0.353. The summed E-state index contributed by atoms with van der Waals surface area (Å²) < 4.78 is 14.2. The number of carbonyl (C=O) groups is 1. The zero-order valence-electron chi connectivity index (χ0n) is 14.5. The van der Waals surface area contributed by atoms with Crippen LogP contribution in [0.3, 0.4) is 0 Å². The Labute approximate surface area is 150 Å². The number of rotatable bonds is 4. The number of aliphatic hydroxyl groups excluding tert-OH is 1. The molecule has 1 aliphatic rings. The number of hydrogen-bond donors (Lipinski definition) is 2. The van der Waals surface area contributed by atoms with Crippen molar-refractivity contribution in [1.29, 1.82) is 0 Å². The number of amides is 1. The molecule has 0 bridgehead atoms. The van der Waals surface area contributed by atoms with Crippen LogP contribution < -0.4 is 11.0 Å². The third-order valence-corrected chi connectivity index (χ3v) is 5.37. The Bertz CT molecular complexity index is 832. The molecular weight excluding hydrogens is 342 g/mol. The minimum atomic E-state index is -0.836. The number of anilines is 1. The summed E-state index contributed by atoms with van der Waals surface area (Å²) in [5.41, 5.74) is -0.0982. The average Bonchev–Trinajstić information content (AvgIpc) is 2.98. The lowest BCUT2D eigenvalue weighted by Crippen LogP contribution is -2.36. The van der Waals surface area contributed by atoms with E-state index >= 15 is 0 Å². The maximum absolute atomic E-state index is 12.4. The molecule has 7 nitrogen and oxygen atoms in total. The van der Waals surface area contributed by atoms with Gasteiger partial charge in [-0.15, -0.1) is 11.8 Å². The van der Waals surface area contributed by atoms with Crippen LogP contribution in [-0.2, 0) is 4.74 Å². The van der Waals surface area contributed by atoms with Gasteiger partial charge in [0, 0.05) is 25.5 Å². The topological polar surface area (TPSA) is 93.5 Å². The molecule has 0 unspecified atom stereocenters. The van der Waals surface area contributed by atoms with Crippen molar-refractivity contribution < 1.29 is 16.0 Å². The first kappa shape index (κ1) is 16.3. The highest BCUT2D eigenvalue weighted by molar-refractivity contribution is 8.00. The fourth-order valence-corrected chi connectivity index (χ4v) is 4.04. The lowest BCUT2D eigenvalue weighted by atomic mass is 10.1. The molecule has 0 aliphatic carbocycles. The van der Waals surface area contributed by atoms with E-state index in [1.165, 1.54) is 35.7 Å². The van der Waals surface area contributed by atoms with E-state index in [0.29, 0.717) is 5.56 Å². The summed E-state index contributed by atoms with van der Waals surface area (Å²) in [5, 5.41) is 12.0. The first-order valence-corrected chi connectivity index (χ1v) is 8.60. The first-order chi connectivity index (χ1) is 12.5. The van der Waals surface area contributed by atoms with Crippen molar-refractivity contribution in [3.63, 3.8) is 0 Å². The second-order valence-electron chi connectivity index (χ2n) is 5.58. The van der Waals surface area contributed by atoms with Gasteiger partial charge in [0.2, 0.25) is 0 Å². The molecule has 25 heavy (non-hydrogen) atoms. The van der Waals surface area contributed by atoms with Crippen molar-refractivity contribution in [1.82, 2.24) is 9.55 Å². The third-order valence-electron chi connectivity index (χ3n) is 3.97. The van der Waals surface area contributed by atoms with E-state index in [4.69, 9.17) is 6.11 Å². The van der Waals surface area contributed by atoms with Gasteiger partial charge in [-0.3, -0.25) is 9.36 Å². The van der Waals surface area contributed by atoms with Gasteiger partial charge in [0.1, 0.15) is 17.3 Å². The molecule has 2 N–H and O–H groups in total. The summed E-state index contributed by atoms with van der Waals surface area (Å²) in [6.45, 7) is 0.0234. The number of nitrogens with one attached hydrogen (secondary N) is 1. The number of aromatic nitrogens is 2. The Morgan fingerprint density at radius 3 is 2.80 bits per heavy atom. The van der Waals surface area contributed by atoms with Crippen LogP contribution in [0, 0.1) is 0 Å². The van der Waals surface area contributed by atoms with Gasteiger partial charge in [-0.1, -0.05) is 25.1 Å². The van der Waals surface area contributed by atoms with Crippen molar-refractivity contribution in [2.24, 2.45) is 0 Å². The first-order valence-electron chi connectivity index (χ1n) is 8.37. The Balaban J connectivity index is 1.80. The van der Waals surface area contributed by atoms with Crippen molar-refractivity contribution in [3.8, 4) is 0 Å². The van der Waals surface area contributed by atoms with Gasteiger partial charge in [0.15, 0.2) is 0 Å². The summed E-state index contributed by atoms with van der Waals surface area (Å²) in [5.74, 6) is -0.209. The van der Waals surface area contributed by atoms with E-state index in [9.17, 15) is 14.7 Å². The Morgan fingerprint density at radius 2 is 2.16 bits per heavy atom. The van der Waals surface area contributed by atoms with Gasteiger partial charge in [0.05, 0.1) is 6.10 Å². The number of aliphatic hydroxyl groups is 1. The monoisotopic (exact) mass is 362 g/mol. The summed E-state index contributed by atoms with van der Waals surface area (Å²) in [6.07, 6.45) is 0.0649. The van der Waals surface area contributed by atoms with Gasteiger partial charge in [0.25, 0.3) is 5.91 Å². The molecule has 1 aromatic carbocycles. The van der Waals surface area contributed by atoms with Crippen molar-refractivity contribution in [2.75, 3.05) is 12.4 Å². The summed E-state index contributed by atoms with van der Waals surface area (Å²) in [4.78, 5) is 28.5. The largest absolute Gasteiger partial charge is 0.389 e. The molecule has 1 aliphatic heterocycles. The molecule has 3 rings (SSSR count). The zero-order chi connectivity index (χ0) is 18.7. The molecule has 2 aromatic rings. The fourth-order valence-electron chi connectivity index (χ4n) is 2.65. The van der Waals surface area contributed by atoms with Crippen LogP contribution in [0.2, 0.25) is 0 Å². The molecule has 1 aromatic heterocycles. The van der Waals surface area contributed by atoms with E-state index in [2.05, 4.69) is 10.3 Å². The Kier molecular flexibility index (Phi) is 4.82. The summed E-state index contributed by atoms with van der Waals surface area (Å²) in [6, 6.07) is 10.2. The van der Waals surface area contributed by atoms with E-state index in [0.717, 1.165) is 0 Å². The zero-order valence-corrected chi connectivity index (χ0v) is 14.3. The van der Waals surface area contributed by atoms with Crippen molar-refractivity contribution >= 4 is 23.5 Å². The number of ether oxygens (including phenoxy) is 1. The van der Waals surface area contributed by atoms with Crippen molar-refractivity contribution in [3.05, 3.63) is 58.6 Å². The predicted molar refractivity (Wildman–Crippen MR) is 95.8 cm³/mol. The number of thioether (sulfide) groups is 1. The minimum absolute atomic E-state index is 0.0234. The predicted octanol–water partition coefficient (Wildman–Crippen LogP) is 1.51. The Hall–Kier alpha value is -2.16. The highest BCUT2D eigenvalue weighted by atomic mass is 32.2. The normalized spacial score (nSPS) is 26.2. The maximum Gasteiger partial charge on any atom is 0.350 e. The Morgan fingerprint density at radius 1 is 1.40 bits per heavy atom. The lowest BCUT2D eigenvalue weighted by molar-refractivity contribution is -0.0123. The van der Waals surface area contributed by atoms with Crippen LogP contribution in [0.25, 0.3) is 0 Å². The molecule has 4 atom stereocenters. The van der Waals surface area contributed by atoms with Crippen LogP contribution in [0.1, 0.15) is 24.0 Å². The van der Waals surface area contributed by atoms with Crippen LogP contribution in [-0.4, -0.2) is 45.1 Å². The third kappa shape index (κ3) is 3.60. The minimum Gasteiger partial charge on any atom is -0.389 e. The van der Waals surface area contributed by atoms with Crippen molar-refractivity contribution in [2.45, 2.75) is 29.7 Å². The average molecular weight is 362 g/mol. The smallest absolute Gasteiger partial charge is 0.350 e. The number of benzene rings is 1. The maximum atomic E-state index is 12.4. The van der Waals surface area contributed by atoms with Crippen LogP contribution in [0.5, 0.6) is 0 Å². The molecule has 0 spiro atoms. The highest BCUT2D eigenvalue weighted by Gasteiger charge is 2.42. The molecule has 1 amide bonds.